The van der Waals surface area contributed by atoms with Crippen LogP contribution in [0.2, 0.25) is 0 Å². The summed E-state index contributed by atoms with van der Waals surface area (Å²) in [5.74, 6) is -0.461. The van der Waals surface area contributed by atoms with Crippen molar-refractivity contribution in [3.05, 3.63) is 30.1 Å². The first kappa shape index (κ1) is 30.6. The monoisotopic (exact) mass is 496 g/mol. The van der Waals surface area contributed by atoms with Gasteiger partial charge in [0.1, 0.15) is 6.54 Å². The van der Waals surface area contributed by atoms with E-state index in [1.165, 1.54) is 89.9 Å². The van der Waals surface area contributed by atoms with Gasteiger partial charge in [0.05, 0.1) is 15.7 Å². The summed E-state index contributed by atoms with van der Waals surface area (Å²) in [4.78, 5) is 12.2. The molecule has 34 heavy (non-hydrogen) atoms. The summed E-state index contributed by atoms with van der Waals surface area (Å²) >= 11 is 0. The van der Waals surface area contributed by atoms with E-state index in [2.05, 4.69) is 12.2 Å². The van der Waals surface area contributed by atoms with Crippen LogP contribution in [-0.4, -0.2) is 31.2 Å². The lowest BCUT2D eigenvalue weighted by Gasteiger charge is -2.06. The number of carbonyl (C=O) groups excluding carboxylic acids is 1. The van der Waals surface area contributed by atoms with Crippen molar-refractivity contribution in [3.8, 4) is 0 Å². The number of aryl methyl sites for hydroxylation is 1. The van der Waals surface area contributed by atoms with E-state index >= 15 is 0 Å². The molecule has 1 heterocycles. The number of amides is 1. The van der Waals surface area contributed by atoms with Crippen LogP contribution in [0.25, 0.3) is 0 Å². The van der Waals surface area contributed by atoms with E-state index in [1.54, 1.807) is 29.1 Å². The zero-order valence-electron chi connectivity index (χ0n) is 21.4. The Hall–Kier alpha value is -1.47. The molecule has 0 unspecified atom stereocenters. The molecule has 0 bridgehead atoms. The van der Waals surface area contributed by atoms with Crippen molar-refractivity contribution < 1.29 is 22.3 Å². The highest BCUT2D eigenvalue weighted by Crippen LogP contribution is 2.13. The average molecular weight is 497 g/mol. The molecule has 1 aromatic rings. The summed E-state index contributed by atoms with van der Waals surface area (Å²) in [5, 5.41) is 2.96. The molecule has 1 amide bonds. The molecule has 0 aliphatic carbocycles. The number of hydrogen-bond donors (Lipinski definition) is 1. The van der Waals surface area contributed by atoms with Crippen LogP contribution >= 0.6 is 0 Å². The predicted octanol–water partition coefficient (Wildman–Crippen LogP) is 5.90. The number of nitrogens with zero attached hydrogens (tertiary/aromatic N) is 1. The summed E-state index contributed by atoms with van der Waals surface area (Å²) < 4.78 is 33.7. The molecule has 0 spiro atoms. The molecular weight excluding hydrogens is 448 g/mol. The Morgan fingerprint density at radius 3 is 1.65 bits per heavy atom. The number of pyridine rings is 1. The number of carbonyl (C=O) groups is 1. The molecular formula is C27H48N2O4S. The fraction of sp³-hybridized carbons (Fsp3) is 0.778. The minimum atomic E-state index is -4.17. The highest BCUT2D eigenvalue weighted by atomic mass is 32.2. The van der Waals surface area contributed by atoms with E-state index in [1.807, 2.05) is 0 Å². The number of rotatable bonds is 22. The lowest BCUT2D eigenvalue weighted by molar-refractivity contribution is -0.696. The molecule has 0 saturated carbocycles. The van der Waals surface area contributed by atoms with Crippen LogP contribution < -0.4 is 9.88 Å². The Kier molecular flexibility index (Phi) is 17.8. The number of hydrogen-bond acceptors (Lipinski definition) is 4. The van der Waals surface area contributed by atoms with Crippen molar-refractivity contribution in [2.24, 2.45) is 0 Å². The molecule has 6 nitrogen and oxygen atoms in total. The number of unbranched alkanes of at least 4 members (excludes halogenated alkanes) is 15. The first-order valence-corrected chi connectivity index (χ1v) is 15.2. The lowest BCUT2D eigenvalue weighted by atomic mass is 10.0. The molecule has 7 heteroatoms. The molecule has 1 N–H and O–H groups in total. The molecule has 0 radical (unpaired) electrons. The van der Waals surface area contributed by atoms with Gasteiger partial charge in [-0.25, -0.2) is 13.0 Å². The van der Waals surface area contributed by atoms with Crippen molar-refractivity contribution in [3.63, 3.8) is 0 Å². The minimum Gasteiger partial charge on any atom is -0.748 e. The third-order valence-corrected chi connectivity index (χ3v) is 7.07. The first-order valence-electron chi connectivity index (χ1n) is 13.6. The van der Waals surface area contributed by atoms with Gasteiger partial charge in [0.25, 0.3) is 5.91 Å². The van der Waals surface area contributed by atoms with Crippen molar-refractivity contribution >= 4 is 16.0 Å². The summed E-state index contributed by atoms with van der Waals surface area (Å²) in [6.07, 6.45) is 25.1. The maximum absolute atomic E-state index is 12.2. The van der Waals surface area contributed by atoms with Crippen molar-refractivity contribution in [2.45, 2.75) is 123 Å². The van der Waals surface area contributed by atoms with Gasteiger partial charge in [0, 0.05) is 30.9 Å². The van der Waals surface area contributed by atoms with Gasteiger partial charge in [0.2, 0.25) is 0 Å². The van der Waals surface area contributed by atoms with E-state index in [-0.39, 0.29) is 18.1 Å². The quantitative estimate of drug-likeness (QED) is 0.123. The van der Waals surface area contributed by atoms with E-state index in [0.717, 1.165) is 12.8 Å². The number of aromatic nitrogens is 1. The fourth-order valence-electron chi connectivity index (χ4n) is 4.16. The Bertz CT molecular complexity index is 736. The van der Waals surface area contributed by atoms with Gasteiger partial charge >= 0.3 is 0 Å². The van der Waals surface area contributed by atoms with Gasteiger partial charge in [-0.05, 0) is 6.42 Å². The molecule has 1 aromatic heterocycles. The van der Waals surface area contributed by atoms with Crippen molar-refractivity contribution in [1.29, 1.82) is 0 Å². The average Bonchev–Trinajstić information content (AvgIpc) is 2.80. The standard InChI is InChI=1S/C27H48N2O4S/c1-2-3-4-5-6-7-8-9-10-11-12-13-14-15-16-17-21-28-27(30)26-19-23-29(24-20-26)22-18-25-34(31,32)33/h19-20,23-24H,2-18,21-22,25H2,1H3,(H-,28,30,31,32,33). The molecule has 0 fully saturated rings. The van der Waals surface area contributed by atoms with E-state index in [4.69, 9.17) is 0 Å². The molecule has 0 aromatic carbocycles. The number of nitrogens with one attached hydrogen (secondary N) is 1. The van der Waals surface area contributed by atoms with Gasteiger partial charge < -0.3 is 9.87 Å². The highest BCUT2D eigenvalue weighted by Gasteiger charge is 2.08. The Balaban J connectivity index is 1.92. The summed E-state index contributed by atoms with van der Waals surface area (Å²) in [7, 11) is -4.17. The van der Waals surface area contributed by atoms with Crippen LogP contribution in [0.1, 0.15) is 126 Å². The van der Waals surface area contributed by atoms with Gasteiger partial charge in [-0.1, -0.05) is 103 Å². The third-order valence-electron chi connectivity index (χ3n) is 6.28. The van der Waals surface area contributed by atoms with Gasteiger partial charge in [-0.3, -0.25) is 4.79 Å². The highest BCUT2D eigenvalue weighted by molar-refractivity contribution is 7.85. The van der Waals surface area contributed by atoms with Crippen molar-refractivity contribution in [2.75, 3.05) is 12.3 Å². The molecule has 0 aliphatic rings. The zero-order chi connectivity index (χ0) is 24.9. The minimum absolute atomic E-state index is 0.0877. The second-order valence-corrected chi connectivity index (χ2v) is 11.0. The maximum Gasteiger partial charge on any atom is 0.251 e. The maximum atomic E-state index is 12.2. The molecule has 0 aliphatic heterocycles. The third kappa shape index (κ3) is 17.9. The lowest BCUT2D eigenvalue weighted by Crippen LogP contribution is -2.34. The summed E-state index contributed by atoms with van der Waals surface area (Å²) in [6, 6.07) is 3.43. The van der Waals surface area contributed by atoms with Crippen molar-refractivity contribution in [1.82, 2.24) is 5.32 Å². The zero-order valence-corrected chi connectivity index (χ0v) is 22.3. The SMILES string of the molecule is CCCCCCCCCCCCCCCCCCNC(=O)c1cc[n+](CCCS(=O)(=O)[O-])cc1. The second kappa shape index (κ2) is 19.8. The smallest absolute Gasteiger partial charge is 0.251 e. The van der Waals surface area contributed by atoms with Crippen LogP contribution in [0, 0.1) is 0 Å². The van der Waals surface area contributed by atoms with Crippen LogP contribution in [0.4, 0.5) is 0 Å². The largest absolute Gasteiger partial charge is 0.748 e. The summed E-state index contributed by atoms with van der Waals surface area (Å²) in [5.41, 5.74) is 0.587. The normalized spacial score (nSPS) is 11.6. The fourth-order valence-corrected chi connectivity index (χ4v) is 4.64. The molecule has 196 valence electrons. The second-order valence-electron chi connectivity index (χ2n) is 9.50. The molecule has 0 saturated heterocycles. The van der Waals surface area contributed by atoms with Crippen LogP contribution in [-0.2, 0) is 16.7 Å². The first-order chi connectivity index (χ1) is 16.4. The van der Waals surface area contributed by atoms with Gasteiger partial charge in [0.15, 0.2) is 12.4 Å². The van der Waals surface area contributed by atoms with Crippen LogP contribution in [0.5, 0.6) is 0 Å². The Morgan fingerprint density at radius 1 is 0.765 bits per heavy atom. The van der Waals surface area contributed by atoms with E-state index < -0.39 is 10.1 Å². The van der Waals surface area contributed by atoms with E-state index in [0.29, 0.717) is 18.7 Å². The van der Waals surface area contributed by atoms with Crippen LogP contribution in [0.3, 0.4) is 0 Å². The topological polar surface area (TPSA) is 90.2 Å². The molecule has 1 rings (SSSR count). The summed E-state index contributed by atoms with van der Waals surface area (Å²) in [6.45, 7) is 3.39. The van der Waals surface area contributed by atoms with Gasteiger partial charge in [-0.15, -0.1) is 0 Å². The van der Waals surface area contributed by atoms with Gasteiger partial charge in [-0.2, -0.15) is 0 Å². The Morgan fingerprint density at radius 2 is 1.21 bits per heavy atom. The van der Waals surface area contributed by atoms with Crippen LogP contribution in [0.15, 0.2) is 24.5 Å². The predicted molar refractivity (Wildman–Crippen MR) is 138 cm³/mol. The van der Waals surface area contributed by atoms with E-state index in [9.17, 15) is 17.8 Å². The molecule has 0 atom stereocenters. The Labute approximate surface area is 208 Å².